The van der Waals surface area contributed by atoms with Gasteiger partial charge in [0.25, 0.3) is 0 Å². The fourth-order valence-electron chi connectivity index (χ4n) is 0.827. The molecule has 1 aromatic carbocycles. The smallest absolute Gasteiger partial charge is 0.150 e. The predicted octanol–water partition coefficient (Wildman–Crippen LogP) is 2.16. The van der Waals surface area contributed by atoms with E-state index in [2.05, 4.69) is 5.92 Å². The van der Waals surface area contributed by atoms with Gasteiger partial charge in [-0.15, -0.1) is 6.42 Å². The molecule has 0 amide bonds. The Morgan fingerprint density at radius 3 is 2.92 bits per heavy atom. The number of terminal acetylenes is 1. The van der Waals surface area contributed by atoms with E-state index in [9.17, 15) is 4.79 Å². The molecular weight excluding hydrogens is 188 g/mol. The first-order valence-corrected chi connectivity index (χ1v) is 3.96. The van der Waals surface area contributed by atoms with Crippen molar-refractivity contribution in [2.24, 2.45) is 0 Å². The molecule has 0 bridgehead atoms. The van der Waals surface area contributed by atoms with Gasteiger partial charge in [-0.1, -0.05) is 17.5 Å². The number of halogens is 1. The molecule has 0 radical (unpaired) electrons. The summed E-state index contributed by atoms with van der Waals surface area (Å²) >= 11 is 5.79. The van der Waals surface area contributed by atoms with Crippen LogP contribution in [0.2, 0.25) is 5.02 Å². The fraction of sp³-hybridized carbons (Fsp3) is 0.100. The molecule has 3 heteroatoms. The normalized spacial score (nSPS) is 8.92. The van der Waals surface area contributed by atoms with Crippen LogP contribution >= 0.6 is 11.6 Å². The summed E-state index contributed by atoms with van der Waals surface area (Å²) in [6.07, 6.45) is 5.73. The molecule has 2 nitrogen and oxygen atoms in total. The lowest BCUT2D eigenvalue weighted by atomic mass is 10.2. The van der Waals surface area contributed by atoms with Crippen molar-refractivity contribution in [1.82, 2.24) is 0 Å². The van der Waals surface area contributed by atoms with Crippen molar-refractivity contribution in [3.8, 4) is 18.1 Å². The van der Waals surface area contributed by atoms with Crippen LogP contribution in [0.25, 0.3) is 0 Å². The van der Waals surface area contributed by atoms with E-state index in [1.54, 1.807) is 12.1 Å². The molecule has 13 heavy (non-hydrogen) atoms. The van der Waals surface area contributed by atoms with Gasteiger partial charge in [0.1, 0.15) is 18.6 Å². The van der Waals surface area contributed by atoms with Crippen LogP contribution < -0.4 is 4.74 Å². The highest BCUT2D eigenvalue weighted by molar-refractivity contribution is 6.32. The molecule has 0 fully saturated rings. The van der Waals surface area contributed by atoms with Gasteiger partial charge in [0.05, 0.1) is 5.02 Å². The Kier molecular flexibility index (Phi) is 3.36. The Hall–Kier alpha value is -1.46. The highest BCUT2D eigenvalue weighted by Gasteiger charge is 2.01. The average molecular weight is 195 g/mol. The van der Waals surface area contributed by atoms with E-state index in [0.717, 1.165) is 6.29 Å². The zero-order chi connectivity index (χ0) is 9.68. The molecule has 0 aliphatic carbocycles. The lowest BCUT2D eigenvalue weighted by Gasteiger charge is -2.04. The lowest BCUT2D eigenvalue weighted by molar-refractivity contribution is 0.112. The second kappa shape index (κ2) is 4.54. The van der Waals surface area contributed by atoms with Crippen LogP contribution in [-0.4, -0.2) is 12.9 Å². The van der Waals surface area contributed by atoms with Gasteiger partial charge in [-0.25, -0.2) is 0 Å². The van der Waals surface area contributed by atoms with E-state index >= 15 is 0 Å². The zero-order valence-electron chi connectivity index (χ0n) is 6.79. The Labute approximate surface area is 81.5 Å². The molecule has 0 aromatic heterocycles. The number of aldehydes is 1. The van der Waals surface area contributed by atoms with Crippen LogP contribution in [0.1, 0.15) is 10.4 Å². The summed E-state index contributed by atoms with van der Waals surface area (Å²) in [4.78, 5) is 10.4. The maximum Gasteiger partial charge on any atom is 0.150 e. The van der Waals surface area contributed by atoms with Crippen molar-refractivity contribution >= 4 is 17.9 Å². The number of carbonyl (C=O) groups excluding carboxylic acids is 1. The summed E-state index contributed by atoms with van der Waals surface area (Å²) in [5.41, 5.74) is 0.512. The molecular formula is C10H7ClO2. The van der Waals surface area contributed by atoms with E-state index in [-0.39, 0.29) is 6.61 Å². The molecule has 1 rings (SSSR count). The van der Waals surface area contributed by atoms with Crippen LogP contribution in [-0.2, 0) is 0 Å². The summed E-state index contributed by atoms with van der Waals surface area (Å²) in [5, 5.41) is 0.389. The van der Waals surface area contributed by atoms with Crippen molar-refractivity contribution in [3.05, 3.63) is 28.8 Å². The van der Waals surface area contributed by atoms with Crippen molar-refractivity contribution in [2.45, 2.75) is 0 Å². The minimum atomic E-state index is 0.167. The molecule has 66 valence electrons. The van der Waals surface area contributed by atoms with E-state index in [1.807, 2.05) is 0 Å². The van der Waals surface area contributed by atoms with Gasteiger partial charge in [0, 0.05) is 5.56 Å². The van der Waals surface area contributed by atoms with Crippen LogP contribution in [0.3, 0.4) is 0 Å². The van der Waals surface area contributed by atoms with Crippen molar-refractivity contribution < 1.29 is 9.53 Å². The van der Waals surface area contributed by atoms with Crippen LogP contribution in [0.5, 0.6) is 5.75 Å². The molecule has 0 saturated carbocycles. The Morgan fingerprint density at radius 1 is 1.62 bits per heavy atom. The van der Waals surface area contributed by atoms with Gasteiger partial charge in [-0.2, -0.15) is 0 Å². The van der Waals surface area contributed by atoms with Gasteiger partial charge < -0.3 is 4.74 Å². The quantitative estimate of drug-likeness (QED) is 0.545. The monoisotopic (exact) mass is 194 g/mol. The molecule has 0 spiro atoms. The number of hydrogen-bond donors (Lipinski definition) is 0. The van der Waals surface area contributed by atoms with Crippen LogP contribution in [0, 0.1) is 12.3 Å². The third kappa shape index (κ3) is 2.50. The second-order valence-corrected chi connectivity index (χ2v) is 2.71. The molecule has 0 heterocycles. The number of benzene rings is 1. The van der Waals surface area contributed by atoms with Gasteiger partial charge in [-0.05, 0) is 18.2 Å². The number of hydrogen-bond acceptors (Lipinski definition) is 2. The topological polar surface area (TPSA) is 26.3 Å². The van der Waals surface area contributed by atoms with E-state index < -0.39 is 0 Å². The van der Waals surface area contributed by atoms with Crippen molar-refractivity contribution in [1.29, 1.82) is 0 Å². The highest BCUT2D eigenvalue weighted by Crippen LogP contribution is 2.24. The molecule has 0 N–H and O–H groups in total. The summed E-state index contributed by atoms with van der Waals surface area (Å²) in [7, 11) is 0. The van der Waals surface area contributed by atoms with Gasteiger partial charge in [0.2, 0.25) is 0 Å². The van der Waals surface area contributed by atoms with E-state index in [0.29, 0.717) is 16.3 Å². The molecule has 0 aliphatic rings. The fourth-order valence-corrected chi connectivity index (χ4v) is 1.07. The Balaban J connectivity index is 2.86. The minimum absolute atomic E-state index is 0.167. The van der Waals surface area contributed by atoms with Gasteiger partial charge in [0.15, 0.2) is 0 Å². The van der Waals surface area contributed by atoms with Crippen molar-refractivity contribution in [3.63, 3.8) is 0 Å². The average Bonchev–Trinajstić information content (AvgIpc) is 2.16. The largest absolute Gasteiger partial charge is 0.479 e. The summed E-state index contributed by atoms with van der Waals surface area (Å²) in [6, 6.07) is 4.76. The third-order valence-electron chi connectivity index (χ3n) is 1.40. The predicted molar refractivity (Wildman–Crippen MR) is 51.2 cm³/mol. The summed E-state index contributed by atoms with van der Waals surface area (Å²) in [6.45, 7) is 0.167. The molecule has 0 atom stereocenters. The standard InChI is InChI=1S/C10H7ClO2/c1-2-5-13-10-4-3-8(7-12)6-9(10)11/h1,3-4,6-7H,5H2. The van der Waals surface area contributed by atoms with Crippen LogP contribution in [0.4, 0.5) is 0 Å². The van der Waals surface area contributed by atoms with Gasteiger partial charge >= 0.3 is 0 Å². The van der Waals surface area contributed by atoms with Crippen LogP contribution in [0.15, 0.2) is 18.2 Å². The Morgan fingerprint density at radius 2 is 2.38 bits per heavy atom. The zero-order valence-corrected chi connectivity index (χ0v) is 7.54. The first kappa shape index (κ1) is 9.63. The third-order valence-corrected chi connectivity index (χ3v) is 1.70. The molecule has 0 aliphatic heterocycles. The minimum Gasteiger partial charge on any atom is -0.479 e. The Bertz CT molecular complexity index is 352. The number of rotatable bonds is 3. The first-order valence-electron chi connectivity index (χ1n) is 3.59. The molecule has 0 saturated heterocycles. The number of carbonyl (C=O) groups is 1. The highest BCUT2D eigenvalue weighted by atomic mass is 35.5. The van der Waals surface area contributed by atoms with Gasteiger partial charge in [-0.3, -0.25) is 4.79 Å². The first-order chi connectivity index (χ1) is 6.27. The number of ether oxygens (including phenoxy) is 1. The maximum atomic E-state index is 10.4. The summed E-state index contributed by atoms with van der Waals surface area (Å²) < 4.78 is 5.10. The van der Waals surface area contributed by atoms with Crippen molar-refractivity contribution in [2.75, 3.05) is 6.61 Å². The lowest BCUT2D eigenvalue weighted by Crippen LogP contribution is -1.94. The maximum absolute atomic E-state index is 10.4. The summed E-state index contributed by atoms with van der Waals surface area (Å²) in [5.74, 6) is 2.81. The SMILES string of the molecule is C#CCOc1ccc(C=O)cc1Cl. The molecule has 1 aromatic rings. The van der Waals surface area contributed by atoms with E-state index in [1.165, 1.54) is 6.07 Å². The second-order valence-electron chi connectivity index (χ2n) is 2.30. The molecule has 0 unspecified atom stereocenters. The van der Waals surface area contributed by atoms with E-state index in [4.69, 9.17) is 22.8 Å².